The summed E-state index contributed by atoms with van der Waals surface area (Å²) in [7, 11) is 1.68. The molecule has 0 fully saturated rings. The van der Waals surface area contributed by atoms with Gasteiger partial charge in [0.05, 0.1) is 43.0 Å². The van der Waals surface area contributed by atoms with Gasteiger partial charge in [0.25, 0.3) is 5.91 Å². The van der Waals surface area contributed by atoms with Crippen molar-refractivity contribution in [1.82, 2.24) is 15.2 Å². The van der Waals surface area contributed by atoms with Crippen LogP contribution in [0.1, 0.15) is 33.7 Å². The van der Waals surface area contributed by atoms with Crippen LogP contribution in [0.3, 0.4) is 0 Å². The SMILES string of the molecule is COCCN1CCCc2ncc(-c3cc(NC(=O)c4cnnc(C(F)(F)F)c4)ccc3C)cc21.OCCO. The van der Waals surface area contributed by atoms with Gasteiger partial charge in [-0.25, -0.2) is 0 Å². The summed E-state index contributed by atoms with van der Waals surface area (Å²) in [6.07, 6.45) is 0.0745. The predicted molar refractivity (Wildman–Crippen MR) is 136 cm³/mol. The van der Waals surface area contributed by atoms with E-state index < -0.39 is 17.8 Å². The summed E-state index contributed by atoms with van der Waals surface area (Å²) in [6.45, 7) is 4.01. The van der Waals surface area contributed by atoms with Crippen molar-refractivity contribution in [1.29, 1.82) is 0 Å². The topological polar surface area (TPSA) is 121 Å². The van der Waals surface area contributed by atoms with Gasteiger partial charge in [0.2, 0.25) is 0 Å². The van der Waals surface area contributed by atoms with Crippen molar-refractivity contribution in [2.75, 3.05) is 50.2 Å². The lowest BCUT2D eigenvalue weighted by atomic mass is 9.98. The van der Waals surface area contributed by atoms with Crippen LogP contribution in [0, 0.1) is 6.92 Å². The third kappa shape index (κ3) is 7.46. The lowest BCUT2D eigenvalue weighted by Gasteiger charge is -2.31. The van der Waals surface area contributed by atoms with Gasteiger partial charge in [0.15, 0.2) is 5.69 Å². The maximum atomic E-state index is 12.9. The van der Waals surface area contributed by atoms with Crippen LogP contribution in [-0.2, 0) is 17.3 Å². The number of aromatic nitrogens is 3. The Hall–Kier alpha value is -3.61. The lowest BCUT2D eigenvalue weighted by molar-refractivity contribution is -0.141. The van der Waals surface area contributed by atoms with Crippen molar-refractivity contribution >= 4 is 17.3 Å². The molecule has 0 radical (unpaired) electrons. The number of aryl methyl sites for hydroxylation is 2. The van der Waals surface area contributed by atoms with Gasteiger partial charge in [0.1, 0.15) is 0 Å². The molecule has 4 rings (SSSR count). The number of aliphatic hydroxyl groups is 2. The Balaban J connectivity index is 0.000000934. The molecular formula is C26H30F3N5O4. The van der Waals surface area contributed by atoms with E-state index in [9.17, 15) is 18.0 Å². The number of nitrogens with zero attached hydrogens (tertiary/aromatic N) is 4. The highest BCUT2D eigenvalue weighted by Gasteiger charge is 2.33. The summed E-state index contributed by atoms with van der Waals surface area (Å²) >= 11 is 0. The molecule has 38 heavy (non-hydrogen) atoms. The number of nitrogens with one attached hydrogen (secondary N) is 1. The van der Waals surface area contributed by atoms with E-state index in [0.29, 0.717) is 18.4 Å². The summed E-state index contributed by atoms with van der Waals surface area (Å²) in [4.78, 5) is 19.5. The molecule has 1 aliphatic heterocycles. The van der Waals surface area contributed by atoms with Crippen molar-refractivity contribution in [3.05, 3.63) is 65.2 Å². The van der Waals surface area contributed by atoms with Gasteiger partial charge in [0, 0.05) is 37.6 Å². The van der Waals surface area contributed by atoms with Crippen LogP contribution >= 0.6 is 0 Å². The first-order valence-electron chi connectivity index (χ1n) is 11.9. The molecular weight excluding hydrogens is 503 g/mol. The first-order valence-corrected chi connectivity index (χ1v) is 11.9. The van der Waals surface area contributed by atoms with Crippen molar-refractivity contribution < 1.29 is 32.9 Å². The Bertz CT molecular complexity index is 1240. The average Bonchev–Trinajstić information content (AvgIpc) is 2.92. The van der Waals surface area contributed by atoms with E-state index in [1.807, 2.05) is 19.2 Å². The van der Waals surface area contributed by atoms with Gasteiger partial charge in [-0.2, -0.15) is 18.3 Å². The molecule has 0 aliphatic carbocycles. The molecule has 1 amide bonds. The first kappa shape index (κ1) is 29.0. The number of anilines is 2. The number of ether oxygens (including phenoxy) is 1. The van der Waals surface area contributed by atoms with Crippen LogP contribution < -0.4 is 10.2 Å². The molecule has 1 aliphatic rings. The number of benzene rings is 1. The minimum absolute atomic E-state index is 0.125. The molecule has 1 aromatic carbocycles. The number of pyridine rings is 1. The number of hydrogen-bond donors (Lipinski definition) is 3. The fourth-order valence-electron chi connectivity index (χ4n) is 3.93. The van der Waals surface area contributed by atoms with E-state index >= 15 is 0 Å². The second-order valence-corrected chi connectivity index (χ2v) is 8.53. The second-order valence-electron chi connectivity index (χ2n) is 8.53. The standard InChI is InChI=1S/C24H24F3N5O2.C2H6O2/c1-15-5-6-18(30-23(33)17-11-22(24(25,26)27)31-29-14-17)12-19(15)16-10-21-20(28-13-16)4-3-7-32(21)8-9-34-2;3-1-2-4/h5-6,10-14H,3-4,7-9H2,1-2H3,(H,30,33);3-4H,1-2H2. The maximum Gasteiger partial charge on any atom is 0.435 e. The Morgan fingerprint density at radius 1 is 1.16 bits per heavy atom. The summed E-state index contributed by atoms with van der Waals surface area (Å²) in [6, 6.07) is 8.11. The fourth-order valence-corrected chi connectivity index (χ4v) is 3.93. The minimum Gasteiger partial charge on any atom is -0.394 e. The molecule has 204 valence electrons. The highest BCUT2D eigenvalue weighted by atomic mass is 19.4. The molecule has 0 saturated heterocycles. The smallest absolute Gasteiger partial charge is 0.394 e. The Morgan fingerprint density at radius 2 is 1.92 bits per heavy atom. The third-order valence-corrected chi connectivity index (χ3v) is 5.81. The summed E-state index contributed by atoms with van der Waals surface area (Å²) in [5, 5.41) is 24.3. The van der Waals surface area contributed by atoms with Crippen molar-refractivity contribution in [2.24, 2.45) is 0 Å². The molecule has 0 unspecified atom stereocenters. The zero-order chi connectivity index (χ0) is 27.7. The summed E-state index contributed by atoms with van der Waals surface area (Å²) in [5.74, 6) is -0.704. The lowest BCUT2D eigenvalue weighted by Crippen LogP contribution is -2.32. The number of amides is 1. The van der Waals surface area contributed by atoms with Gasteiger partial charge in [-0.15, -0.1) is 5.10 Å². The highest BCUT2D eigenvalue weighted by Crippen LogP contribution is 2.33. The molecule has 2 aromatic heterocycles. The summed E-state index contributed by atoms with van der Waals surface area (Å²) < 4.78 is 44.0. The number of rotatable bonds is 7. The number of alkyl halides is 3. The van der Waals surface area contributed by atoms with E-state index in [1.165, 1.54) is 0 Å². The van der Waals surface area contributed by atoms with E-state index in [0.717, 1.165) is 60.2 Å². The highest BCUT2D eigenvalue weighted by molar-refractivity contribution is 6.04. The quantitative estimate of drug-likeness (QED) is 0.422. The molecule has 3 N–H and O–H groups in total. The number of carbonyl (C=O) groups excluding carboxylic acids is 1. The van der Waals surface area contributed by atoms with Crippen molar-refractivity contribution in [3.8, 4) is 11.1 Å². The first-order chi connectivity index (χ1) is 18.2. The number of aliphatic hydroxyl groups excluding tert-OH is 2. The predicted octanol–water partition coefficient (Wildman–Crippen LogP) is 3.49. The molecule has 0 spiro atoms. The normalized spacial score (nSPS) is 12.9. The Kier molecular flexibility index (Phi) is 10.1. The molecule has 0 atom stereocenters. The van der Waals surface area contributed by atoms with E-state index in [2.05, 4.69) is 31.5 Å². The van der Waals surface area contributed by atoms with Crippen LogP contribution in [0.5, 0.6) is 0 Å². The molecule has 0 bridgehead atoms. The molecule has 0 saturated carbocycles. The van der Waals surface area contributed by atoms with Crippen molar-refractivity contribution in [2.45, 2.75) is 25.9 Å². The molecule has 12 heteroatoms. The van der Waals surface area contributed by atoms with E-state index in [-0.39, 0.29) is 18.8 Å². The van der Waals surface area contributed by atoms with Gasteiger partial charge < -0.3 is 25.2 Å². The number of methoxy groups -OCH3 is 1. The molecule has 3 aromatic rings. The molecule has 9 nitrogen and oxygen atoms in total. The Morgan fingerprint density at radius 3 is 2.61 bits per heavy atom. The fraction of sp³-hybridized carbons (Fsp3) is 0.385. The number of carbonyl (C=O) groups is 1. The van der Waals surface area contributed by atoms with Gasteiger partial charge in [-0.1, -0.05) is 6.07 Å². The van der Waals surface area contributed by atoms with E-state index in [4.69, 9.17) is 14.9 Å². The van der Waals surface area contributed by atoms with Gasteiger partial charge >= 0.3 is 6.18 Å². The largest absolute Gasteiger partial charge is 0.435 e. The van der Waals surface area contributed by atoms with Crippen LogP contribution in [0.25, 0.3) is 11.1 Å². The zero-order valence-electron chi connectivity index (χ0n) is 21.1. The number of fused-ring (bicyclic) bond motifs is 1. The number of hydrogen-bond acceptors (Lipinski definition) is 8. The van der Waals surface area contributed by atoms with Crippen LogP contribution in [0.15, 0.2) is 42.7 Å². The third-order valence-electron chi connectivity index (χ3n) is 5.81. The summed E-state index contributed by atoms with van der Waals surface area (Å²) in [5.41, 5.74) is 3.84. The second kappa shape index (κ2) is 13.3. The van der Waals surface area contributed by atoms with Gasteiger partial charge in [-0.3, -0.25) is 9.78 Å². The van der Waals surface area contributed by atoms with Crippen LogP contribution in [0.2, 0.25) is 0 Å². The van der Waals surface area contributed by atoms with Crippen LogP contribution in [-0.4, -0.2) is 71.3 Å². The molecule has 3 heterocycles. The Labute approximate surface area is 218 Å². The maximum absolute atomic E-state index is 12.9. The minimum atomic E-state index is -4.68. The number of halogens is 3. The van der Waals surface area contributed by atoms with E-state index in [1.54, 1.807) is 19.2 Å². The van der Waals surface area contributed by atoms with Crippen molar-refractivity contribution in [3.63, 3.8) is 0 Å². The van der Waals surface area contributed by atoms with Crippen LogP contribution in [0.4, 0.5) is 24.5 Å². The zero-order valence-corrected chi connectivity index (χ0v) is 21.1. The monoisotopic (exact) mass is 533 g/mol. The van der Waals surface area contributed by atoms with Gasteiger partial charge in [-0.05, 0) is 55.2 Å². The average molecular weight is 534 g/mol.